The maximum Gasteiger partial charge on any atom is 0.504 e. The van der Waals surface area contributed by atoms with Crippen molar-refractivity contribution in [3.05, 3.63) is 18.0 Å². The lowest BCUT2D eigenvalue weighted by Gasteiger charge is -2.03. The van der Waals surface area contributed by atoms with Crippen molar-refractivity contribution >= 4 is 5.97 Å². The SMILES string of the molecule is CCOC(=O)c1cnn(C(F)(F)F)c1. The molecule has 1 heterocycles. The van der Waals surface area contributed by atoms with Crippen LogP contribution in [0.2, 0.25) is 0 Å². The van der Waals surface area contributed by atoms with Gasteiger partial charge in [-0.15, -0.1) is 13.2 Å². The lowest BCUT2D eigenvalue weighted by atomic mass is 10.4. The predicted molar refractivity (Wildman–Crippen MR) is 39.5 cm³/mol. The Hall–Kier alpha value is -1.53. The first-order chi connectivity index (χ1) is 6.45. The lowest BCUT2D eigenvalue weighted by Crippen LogP contribution is -2.17. The van der Waals surface area contributed by atoms with Gasteiger partial charge < -0.3 is 4.74 Å². The largest absolute Gasteiger partial charge is 0.504 e. The number of aromatic nitrogens is 2. The van der Waals surface area contributed by atoms with E-state index in [4.69, 9.17) is 0 Å². The first-order valence-electron chi connectivity index (χ1n) is 3.74. The standard InChI is InChI=1S/C7H7F3N2O2/c1-2-14-6(13)5-3-11-12(4-5)7(8,9)10/h3-4H,2H2,1H3. The Morgan fingerprint density at radius 1 is 1.64 bits per heavy atom. The highest BCUT2D eigenvalue weighted by molar-refractivity contribution is 5.88. The maximum absolute atomic E-state index is 12.0. The summed E-state index contributed by atoms with van der Waals surface area (Å²) in [6.07, 6.45) is -3.21. The first-order valence-corrected chi connectivity index (χ1v) is 3.74. The number of carbonyl (C=O) groups is 1. The van der Waals surface area contributed by atoms with Crippen molar-refractivity contribution in [2.75, 3.05) is 6.61 Å². The third-order valence-electron chi connectivity index (χ3n) is 1.35. The van der Waals surface area contributed by atoms with Gasteiger partial charge in [-0.05, 0) is 6.92 Å². The molecule has 0 unspecified atom stereocenters. The Balaban J connectivity index is 2.83. The van der Waals surface area contributed by atoms with Crippen LogP contribution in [-0.4, -0.2) is 22.4 Å². The van der Waals surface area contributed by atoms with Gasteiger partial charge in [0, 0.05) is 6.20 Å². The second-order valence-corrected chi connectivity index (χ2v) is 2.36. The summed E-state index contributed by atoms with van der Waals surface area (Å²) in [5, 5.41) is 2.98. The normalized spacial score (nSPS) is 11.4. The van der Waals surface area contributed by atoms with Gasteiger partial charge in [-0.3, -0.25) is 0 Å². The fourth-order valence-electron chi connectivity index (χ4n) is 0.781. The number of esters is 1. The van der Waals surface area contributed by atoms with Crippen molar-refractivity contribution in [2.45, 2.75) is 13.2 Å². The van der Waals surface area contributed by atoms with Gasteiger partial charge in [0.15, 0.2) is 0 Å². The predicted octanol–water partition coefficient (Wildman–Crippen LogP) is 1.54. The molecule has 1 aromatic rings. The van der Waals surface area contributed by atoms with Gasteiger partial charge in [0.05, 0.1) is 18.4 Å². The number of carbonyl (C=O) groups excluding carboxylic acids is 1. The number of ether oxygens (including phenoxy) is 1. The molecule has 78 valence electrons. The molecule has 0 spiro atoms. The second kappa shape index (κ2) is 3.69. The van der Waals surface area contributed by atoms with Crippen LogP contribution >= 0.6 is 0 Å². The highest BCUT2D eigenvalue weighted by atomic mass is 19.4. The van der Waals surface area contributed by atoms with Crippen LogP contribution in [0.4, 0.5) is 13.2 Å². The third-order valence-corrected chi connectivity index (χ3v) is 1.35. The van der Waals surface area contributed by atoms with E-state index in [-0.39, 0.29) is 16.9 Å². The van der Waals surface area contributed by atoms with Crippen molar-refractivity contribution in [3.8, 4) is 0 Å². The van der Waals surface area contributed by atoms with Gasteiger partial charge in [-0.2, -0.15) is 9.78 Å². The molecule has 0 saturated carbocycles. The van der Waals surface area contributed by atoms with Crippen LogP contribution in [0.1, 0.15) is 17.3 Å². The van der Waals surface area contributed by atoms with E-state index in [9.17, 15) is 18.0 Å². The molecule has 4 nitrogen and oxygen atoms in total. The summed E-state index contributed by atoms with van der Waals surface area (Å²) >= 11 is 0. The van der Waals surface area contributed by atoms with E-state index in [1.165, 1.54) is 0 Å². The minimum Gasteiger partial charge on any atom is -0.462 e. The van der Waals surface area contributed by atoms with Crippen molar-refractivity contribution in [2.24, 2.45) is 0 Å². The van der Waals surface area contributed by atoms with E-state index < -0.39 is 12.3 Å². The second-order valence-electron chi connectivity index (χ2n) is 2.36. The van der Waals surface area contributed by atoms with E-state index in [0.717, 1.165) is 6.20 Å². The Labute approximate surface area is 77.3 Å². The number of nitrogens with zero attached hydrogens (tertiary/aromatic N) is 2. The molecule has 1 rings (SSSR count). The maximum atomic E-state index is 12.0. The summed E-state index contributed by atoms with van der Waals surface area (Å²) in [5.74, 6) is -0.817. The molecule has 14 heavy (non-hydrogen) atoms. The zero-order valence-corrected chi connectivity index (χ0v) is 7.21. The summed E-state index contributed by atoms with van der Waals surface area (Å²) in [6, 6.07) is 0. The molecule has 0 aliphatic carbocycles. The Morgan fingerprint density at radius 3 is 2.71 bits per heavy atom. The molecule has 0 aromatic carbocycles. The van der Waals surface area contributed by atoms with Gasteiger partial charge in [0.25, 0.3) is 0 Å². The molecular formula is C7H7F3N2O2. The molecule has 0 amide bonds. The average molecular weight is 208 g/mol. The third kappa shape index (κ3) is 2.24. The zero-order chi connectivity index (χ0) is 10.8. The molecule has 7 heteroatoms. The highest BCUT2D eigenvalue weighted by Gasteiger charge is 2.32. The molecule has 0 saturated heterocycles. The Kier molecular flexibility index (Phi) is 2.78. The summed E-state index contributed by atoms with van der Waals surface area (Å²) in [4.78, 5) is 10.9. The van der Waals surface area contributed by atoms with E-state index in [1.54, 1.807) is 6.92 Å². The minimum atomic E-state index is -4.61. The van der Waals surface area contributed by atoms with Crippen molar-refractivity contribution in [1.82, 2.24) is 9.78 Å². The van der Waals surface area contributed by atoms with E-state index in [2.05, 4.69) is 9.84 Å². The quantitative estimate of drug-likeness (QED) is 0.692. The molecule has 1 aromatic heterocycles. The first kappa shape index (κ1) is 10.6. The molecular weight excluding hydrogens is 201 g/mol. The van der Waals surface area contributed by atoms with Crippen LogP contribution in [0.3, 0.4) is 0 Å². The number of hydrogen-bond donors (Lipinski definition) is 0. The lowest BCUT2D eigenvalue weighted by molar-refractivity contribution is -0.212. The van der Waals surface area contributed by atoms with Crippen molar-refractivity contribution in [3.63, 3.8) is 0 Å². The molecule has 0 radical (unpaired) electrons. The molecule has 0 aliphatic heterocycles. The van der Waals surface area contributed by atoms with Crippen LogP contribution in [-0.2, 0) is 11.0 Å². The van der Waals surface area contributed by atoms with Gasteiger partial charge in [0.1, 0.15) is 0 Å². The molecule has 0 N–H and O–H groups in total. The van der Waals surface area contributed by atoms with Crippen LogP contribution in [0, 0.1) is 0 Å². The van der Waals surface area contributed by atoms with Crippen molar-refractivity contribution in [1.29, 1.82) is 0 Å². The summed E-state index contributed by atoms with van der Waals surface area (Å²) in [7, 11) is 0. The number of alkyl halides is 3. The number of halogens is 3. The zero-order valence-electron chi connectivity index (χ0n) is 7.21. The molecule has 0 aliphatic rings. The van der Waals surface area contributed by atoms with E-state index in [0.29, 0.717) is 6.20 Å². The molecule has 0 bridgehead atoms. The minimum absolute atomic E-state index is 0.107. The Morgan fingerprint density at radius 2 is 2.29 bits per heavy atom. The van der Waals surface area contributed by atoms with Gasteiger partial charge >= 0.3 is 12.3 Å². The van der Waals surface area contributed by atoms with Gasteiger partial charge in [-0.1, -0.05) is 0 Å². The van der Waals surface area contributed by atoms with Crippen LogP contribution < -0.4 is 0 Å². The van der Waals surface area contributed by atoms with Gasteiger partial charge in [0.2, 0.25) is 0 Å². The summed E-state index contributed by atoms with van der Waals surface area (Å²) in [5.41, 5.74) is -0.218. The number of hydrogen-bond acceptors (Lipinski definition) is 3. The smallest absolute Gasteiger partial charge is 0.462 e. The fourth-order valence-corrected chi connectivity index (χ4v) is 0.781. The van der Waals surface area contributed by atoms with Crippen LogP contribution in [0.25, 0.3) is 0 Å². The van der Waals surface area contributed by atoms with Crippen LogP contribution in [0.15, 0.2) is 12.4 Å². The van der Waals surface area contributed by atoms with Crippen LogP contribution in [0.5, 0.6) is 0 Å². The highest BCUT2D eigenvalue weighted by Crippen LogP contribution is 2.21. The monoisotopic (exact) mass is 208 g/mol. The summed E-state index contributed by atoms with van der Waals surface area (Å²) in [6.45, 7) is 1.67. The Bertz CT molecular complexity index is 332. The topological polar surface area (TPSA) is 44.1 Å². The molecule has 0 fully saturated rings. The fraction of sp³-hybridized carbons (Fsp3) is 0.429. The molecule has 0 atom stereocenters. The average Bonchev–Trinajstić information content (AvgIpc) is 2.51. The van der Waals surface area contributed by atoms with E-state index >= 15 is 0 Å². The van der Waals surface area contributed by atoms with E-state index in [1.807, 2.05) is 0 Å². The summed E-state index contributed by atoms with van der Waals surface area (Å²) < 4.78 is 40.2. The van der Waals surface area contributed by atoms with Gasteiger partial charge in [-0.25, -0.2) is 4.79 Å². The van der Waals surface area contributed by atoms with Crippen molar-refractivity contribution < 1.29 is 22.7 Å². The number of rotatable bonds is 2.